The molecule has 0 aromatic carbocycles. The molecule has 0 aliphatic rings. The summed E-state index contributed by atoms with van der Waals surface area (Å²) in [6.07, 6.45) is 7.58. The van der Waals surface area contributed by atoms with Gasteiger partial charge in [0, 0.05) is 31.3 Å². The van der Waals surface area contributed by atoms with Crippen LogP contribution in [0.5, 0.6) is 0 Å². The van der Waals surface area contributed by atoms with Crippen molar-refractivity contribution in [1.29, 1.82) is 0 Å². The van der Waals surface area contributed by atoms with E-state index < -0.39 is 0 Å². The zero-order valence-electron chi connectivity index (χ0n) is 8.21. The van der Waals surface area contributed by atoms with Crippen LogP contribution in [0, 0.1) is 0 Å². The van der Waals surface area contributed by atoms with Gasteiger partial charge in [0.1, 0.15) is 0 Å². The second-order valence-corrected chi connectivity index (χ2v) is 3.21. The molecule has 0 bridgehead atoms. The lowest BCUT2D eigenvalue weighted by Crippen LogP contribution is -2.22. The zero-order valence-corrected chi connectivity index (χ0v) is 8.21. The number of hydrogen-bond donors (Lipinski definition) is 0. The summed E-state index contributed by atoms with van der Waals surface area (Å²) >= 11 is 0. The Labute approximate surface area is 87.2 Å². The SMILES string of the molecule is O=c1ncccn1CCc1cccnc1. The van der Waals surface area contributed by atoms with E-state index in [0.717, 1.165) is 12.0 Å². The van der Waals surface area contributed by atoms with Crippen LogP contribution < -0.4 is 5.69 Å². The molecule has 2 rings (SSSR count). The van der Waals surface area contributed by atoms with E-state index in [-0.39, 0.29) is 5.69 Å². The van der Waals surface area contributed by atoms with E-state index in [9.17, 15) is 4.79 Å². The highest BCUT2D eigenvalue weighted by Crippen LogP contribution is 1.97. The Bertz CT molecular complexity index is 478. The van der Waals surface area contributed by atoms with E-state index >= 15 is 0 Å². The maximum atomic E-state index is 11.3. The van der Waals surface area contributed by atoms with Crippen LogP contribution in [-0.2, 0) is 13.0 Å². The third kappa shape index (κ3) is 2.49. The molecule has 0 aliphatic carbocycles. The fourth-order valence-corrected chi connectivity index (χ4v) is 1.35. The van der Waals surface area contributed by atoms with Gasteiger partial charge in [0.2, 0.25) is 0 Å². The summed E-state index contributed by atoms with van der Waals surface area (Å²) in [6.45, 7) is 0.637. The second-order valence-electron chi connectivity index (χ2n) is 3.21. The maximum Gasteiger partial charge on any atom is 0.347 e. The minimum atomic E-state index is -0.207. The predicted molar refractivity (Wildman–Crippen MR) is 56.4 cm³/mol. The van der Waals surface area contributed by atoms with Gasteiger partial charge in [-0.3, -0.25) is 9.55 Å². The molecule has 0 unspecified atom stereocenters. The largest absolute Gasteiger partial charge is 0.347 e. The van der Waals surface area contributed by atoms with Gasteiger partial charge >= 0.3 is 5.69 Å². The molecule has 4 heteroatoms. The average Bonchev–Trinajstić information content (AvgIpc) is 2.29. The number of pyridine rings is 1. The summed E-state index contributed by atoms with van der Waals surface area (Å²) < 4.78 is 1.59. The summed E-state index contributed by atoms with van der Waals surface area (Å²) in [5.41, 5.74) is 0.912. The molecule has 2 heterocycles. The minimum Gasteiger partial charge on any atom is -0.299 e. The normalized spacial score (nSPS) is 10.1. The fourth-order valence-electron chi connectivity index (χ4n) is 1.35. The van der Waals surface area contributed by atoms with Crippen molar-refractivity contribution in [3.05, 3.63) is 59.0 Å². The molecule has 76 valence electrons. The standard InChI is InChI=1S/C11H11N3O/c15-11-13-6-2-7-14(11)8-4-10-3-1-5-12-9-10/h1-3,5-7,9H,4,8H2. The zero-order chi connectivity index (χ0) is 10.5. The maximum absolute atomic E-state index is 11.3. The summed E-state index contributed by atoms with van der Waals surface area (Å²) in [5.74, 6) is 0. The molecule has 0 spiro atoms. The number of hydrogen-bond acceptors (Lipinski definition) is 3. The first-order valence-corrected chi connectivity index (χ1v) is 4.76. The molecule has 0 aliphatic heterocycles. The van der Waals surface area contributed by atoms with Gasteiger partial charge in [0.15, 0.2) is 0 Å². The Balaban J connectivity index is 2.06. The molecule has 0 radical (unpaired) electrons. The minimum absolute atomic E-state index is 0.207. The van der Waals surface area contributed by atoms with Crippen molar-refractivity contribution in [1.82, 2.24) is 14.5 Å². The summed E-state index contributed by atoms with van der Waals surface area (Å²) in [7, 11) is 0. The van der Waals surface area contributed by atoms with Gasteiger partial charge in [-0.05, 0) is 24.1 Å². The van der Waals surface area contributed by atoms with E-state index in [4.69, 9.17) is 0 Å². The molecule has 4 nitrogen and oxygen atoms in total. The number of rotatable bonds is 3. The molecule has 0 N–H and O–H groups in total. The molecular weight excluding hydrogens is 190 g/mol. The first-order valence-electron chi connectivity index (χ1n) is 4.76. The molecule has 2 aromatic heterocycles. The Morgan fingerprint density at radius 1 is 1.27 bits per heavy atom. The van der Waals surface area contributed by atoms with Gasteiger partial charge in [-0.25, -0.2) is 9.78 Å². The summed E-state index contributed by atoms with van der Waals surface area (Å²) in [5, 5.41) is 0. The highest BCUT2D eigenvalue weighted by molar-refractivity contribution is 5.08. The van der Waals surface area contributed by atoms with Crippen molar-refractivity contribution in [3.8, 4) is 0 Å². The van der Waals surface area contributed by atoms with Crippen molar-refractivity contribution in [2.45, 2.75) is 13.0 Å². The van der Waals surface area contributed by atoms with E-state index in [1.165, 1.54) is 6.20 Å². The summed E-state index contributed by atoms with van der Waals surface area (Å²) in [4.78, 5) is 19.0. The number of nitrogens with zero attached hydrogens (tertiary/aromatic N) is 3. The molecule has 0 atom stereocenters. The molecule has 0 saturated carbocycles. The van der Waals surface area contributed by atoms with Gasteiger partial charge in [-0.2, -0.15) is 0 Å². The van der Waals surface area contributed by atoms with Gasteiger partial charge in [-0.1, -0.05) is 6.07 Å². The monoisotopic (exact) mass is 201 g/mol. The topological polar surface area (TPSA) is 47.8 Å². The highest BCUT2D eigenvalue weighted by atomic mass is 16.1. The van der Waals surface area contributed by atoms with Crippen LogP contribution in [0.2, 0.25) is 0 Å². The molecule has 0 amide bonds. The van der Waals surface area contributed by atoms with E-state index in [2.05, 4.69) is 9.97 Å². The quantitative estimate of drug-likeness (QED) is 0.740. The van der Waals surface area contributed by atoms with Crippen molar-refractivity contribution in [2.24, 2.45) is 0 Å². The third-order valence-corrected chi connectivity index (χ3v) is 2.15. The van der Waals surface area contributed by atoms with Crippen molar-refractivity contribution in [2.75, 3.05) is 0 Å². The Kier molecular flexibility index (Phi) is 2.88. The van der Waals surface area contributed by atoms with Crippen LogP contribution in [0.15, 0.2) is 47.8 Å². The number of aromatic nitrogens is 3. The average molecular weight is 201 g/mol. The second kappa shape index (κ2) is 4.50. The van der Waals surface area contributed by atoms with Crippen molar-refractivity contribution >= 4 is 0 Å². The Morgan fingerprint density at radius 3 is 2.93 bits per heavy atom. The van der Waals surface area contributed by atoms with Crippen LogP contribution in [0.1, 0.15) is 5.56 Å². The molecule has 2 aromatic rings. The van der Waals surface area contributed by atoms with Crippen LogP contribution in [0.3, 0.4) is 0 Å². The molecule has 0 fully saturated rings. The van der Waals surface area contributed by atoms with E-state index in [0.29, 0.717) is 6.54 Å². The van der Waals surface area contributed by atoms with Gasteiger partial charge in [0.25, 0.3) is 0 Å². The van der Waals surface area contributed by atoms with E-state index in [1.807, 2.05) is 12.1 Å². The lowest BCUT2D eigenvalue weighted by Gasteiger charge is -2.03. The van der Waals surface area contributed by atoms with Gasteiger partial charge < -0.3 is 0 Å². The first-order chi connectivity index (χ1) is 7.36. The lowest BCUT2D eigenvalue weighted by molar-refractivity contribution is 0.648. The Hall–Kier alpha value is -1.97. The molecule has 0 saturated heterocycles. The van der Waals surface area contributed by atoms with Crippen molar-refractivity contribution < 1.29 is 0 Å². The smallest absolute Gasteiger partial charge is 0.299 e. The molecular formula is C11H11N3O. The fraction of sp³-hybridized carbons (Fsp3) is 0.182. The number of aryl methyl sites for hydroxylation is 2. The predicted octanol–water partition coefficient (Wildman–Crippen LogP) is 0.881. The van der Waals surface area contributed by atoms with Crippen LogP contribution in [0.25, 0.3) is 0 Å². The van der Waals surface area contributed by atoms with Gasteiger partial charge in [0.05, 0.1) is 0 Å². The first kappa shape index (κ1) is 9.58. The van der Waals surface area contributed by atoms with Crippen LogP contribution >= 0.6 is 0 Å². The lowest BCUT2D eigenvalue weighted by atomic mass is 10.2. The van der Waals surface area contributed by atoms with E-state index in [1.54, 1.807) is 29.2 Å². The Morgan fingerprint density at radius 2 is 2.20 bits per heavy atom. The van der Waals surface area contributed by atoms with Crippen LogP contribution in [-0.4, -0.2) is 14.5 Å². The molecule has 15 heavy (non-hydrogen) atoms. The van der Waals surface area contributed by atoms with Crippen LogP contribution in [0.4, 0.5) is 0 Å². The van der Waals surface area contributed by atoms with Gasteiger partial charge in [-0.15, -0.1) is 0 Å². The third-order valence-electron chi connectivity index (χ3n) is 2.15. The van der Waals surface area contributed by atoms with Crippen molar-refractivity contribution in [3.63, 3.8) is 0 Å². The highest BCUT2D eigenvalue weighted by Gasteiger charge is 1.96. The summed E-state index contributed by atoms with van der Waals surface area (Å²) in [6, 6.07) is 5.64.